The minimum absolute atomic E-state index is 0.0887. The topological polar surface area (TPSA) is 78.9 Å². The Bertz CT molecular complexity index is 1290. The summed E-state index contributed by atoms with van der Waals surface area (Å²) in [4.78, 5) is 38.1. The van der Waals surface area contributed by atoms with Crippen molar-refractivity contribution in [1.82, 2.24) is 0 Å². The number of hydrogen-bond acceptors (Lipinski definition) is 6. The van der Waals surface area contributed by atoms with E-state index in [1.807, 2.05) is 18.2 Å². The van der Waals surface area contributed by atoms with Gasteiger partial charge in [0.2, 0.25) is 0 Å². The fourth-order valence-corrected chi connectivity index (χ4v) is 7.69. The highest BCUT2D eigenvalue weighted by Crippen LogP contribution is 2.16. The van der Waals surface area contributed by atoms with Crippen LogP contribution in [0.25, 0.3) is 0 Å². The van der Waals surface area contributed by atoms with E-state index in [4.69, 9.17) is 14.2 Å². The van der Waals surface area contributed by atoms with Gasteiger partial charge in [0, 0.05) is 19.3 Å². The molecule has 6 heteroatoms. The van der Waals surface area contributed by atoms with Gasteiger partial charge < -0.3 is 14.2 Å². The Morgan fingerprint density at radius 2 is 0.591 bits per heavy atom. The zero-order chi connectivity index (χ0) is 47.9. The Hall–Kier alpha value is -3.41. The van der Waals surface area contributed by atoms with Gasteiger partial charge >= 0.3 is 17.9 Å². The zero-order valence-corrected chi connectivity index (χ0v) is 43.2. The van der Waals surface area contributed by atoms with Crippen molar-refractivity contribution in [3.8, 4) is 0 Å². The van der Waals surface area contributed by atoms with Crippen molar-refractivity contribution in [2.75, 3.05) is 13.2 Å². The molecule has 1 atom stereocenters. The molecule has 0 aromatic carbocycles. The molecule has 0 aliphatic carbocycles. The van der Waals surface area contributed by atoms with Crippen molar-refractivity contribution >= 4 is 17.9 Å². The van der Waals surface area contributed by atoms with E-state index < -0.39 is 6.10 Å². The number of ether oxygens (including phenoxy) is 3. The maximum atomic E-state index is 12.8. The maximum Gasteiger partial charge on any atom is 0.306 e. The van der Waals surface area contributed by atoms with Gasteiger partial charge in [0.15, 0.2) is 6.10 Å². The fourth-order valence-electron chi connectivity index (χ4n) is 7.69. The lowest BCUT2D eigenvalue weighted by Gasteiger charge is -2.18. The molecule has 0 radical (unpaired) electrons. The lowest BCUT2D eigenvalue weighted by Crippen LogP contribution is -2.30. The standard InChI is InChI=1S/C60H102O6/c1-4-7-10-13-16-19-22-25-28-29-30-33-35-38-41-44-47-50-53-59(62)65-56-57(66-60(63)54-51-48-45-42-39-36-32-27-24-21-18-15-12-9-6-3)55-64-58(61)52-49-46-43-40-37-34-31-26-23-20-17-14-11-8-5-2/h8-9,11-12,14-15,17-18,20-21,23-24,27,32,57H,4-7,10,13,16,19,22,25-26,28-31,33-56H2,1-3H3/b11-8-,12-9-,17-14-,18-15-,23-20-,24-21-,32-27-. The zero-order valence-electron chi connectivity index (χ0n) is 43.2. The molecular formula is C60H102O6. The van der Waals surface area contributed by atoms with Crippen molar-refractivity contribution in [2.45, 2.75) is 264 Å². The van der Waals surface area contributed by atoms with Crippen LogP contribution in [0.1, 0.15) is 258 Å². The highest BCUT2D eigenvalue weighted by molar-refractivity contribution is 5.71. The molecule has 0 aromatic rings. The first-order chi connectivity index (χ1) is 32.5. The number of esters is 3. The second-order valence-corrected chi connectivity index (χ2v) is 18.2. The van der Waals surface area contributed by atoms with Crippen LogP contribution in [0.4, 0.5) is 0 Å². The second-order valence-electron chi connectivity index (χ2n) is 18.2. The van der Waals surface area contributed by atoms with E-state index in [9.17, 15) is 14.4 Å². The molecule has 378 valence electrons. The van der Waals surface area contributed by atoms with Crippen LogP contribution in [-0.4, -0.2) is 37.2 Å². The molecular weight excluding hydrogens is 817 g/mol. The van der Waals surface area contributed by atoms with E-state index in [-0.39, 0.29) is 31.1 Å². The molecule has 0 aliphatic rings. The third-order valence-electron chi connectivity index (χ3n) is 11.8. The Labute approximate surface area is 407 Å². The summed E-state index contributed by atoms with van der Waals surface area (Å²) in [5.41, 5.74) is 0. The number of carbonyl (C=O) groups is 3. The second kappa shape index (κ2) is 54.2. The summed E-state index contributed by atoms with van der Waals surface area (Å²) in [6, 6.07) is 0. The van der Waals surface area contributed by atoms with Gasteiger partial charge in [-0.25, -0.2) is 0 Å². The summed E-state index contributed by atoms with van der Waals surface area (Å²) >= 11 is 0. The first-order valence-corrected chi connectivity index (χ1v) is 27.7. The predicted molar refractivity (Wildman–Crippen MR) is 284 cm³/mol. The molecule has 0 spiro atoms. The van der Waals surface area contributed by atoms with Gasteiger partial charge in [-0.3, -0.25) is 14.4 Å². The van der Waals surface area contributed by atoms with Crippen molar-refractivity contribution < 1.29 is 28.6 Å². The quantitative estimate of drug-likeness (QED) is 0.0262. The molecule has 0 amide bonds. The average Bonchev–Trinajstić information content (AvgIpc) is 3.31. The summed E-state index contributed by atoms with van der Waals surface area (Å²) in [6.45, 7) is 6.36. The monoisotopic (exact) mass is 919 g/mol. The molecule has 0 aliphatic heterocycles. The summed E-state index contributed by atoms with van der Waals surface area (Å²) < 4.78 is 16.8. The van der Waals surface area contributed by atoms with Gasteiger partial charge in [-0.05, 0) is 57.8 Å². The molecule has 0 fully saturated rings. The largest absolute Gasteiger partial charge is 0.462 e. The van der Waals surface area contributed by atoms with Crippen molar-refractivity contribution in [1.29, 1.82) is 0 Å². The number of hydrogen-bond donors (Lipinski definition) is 0. The molecule has 0 saturated heterocycles. The summed E-state index contributed by atoms with van der Waals surface area (Å²) in [5, 5.41) is 0. The normalized spacial score (nSPS) is 12.7. The maximum absolute atomic E-state index is 12.8. The lowest BCUT2D eigenvalue weighted by molar-refractivity contribution is -0.167. The number of allylic oxidation sites excluding steroid dienone is 14. The molecule has 0 saturated carbocycles. The van der Waals surface area contributed by atoms with Crippen molar-refractivity contribution in [3.05, 3.63) is 85.1 Å². The van der Waals surface area contributed by atoms with Crippen LogP contribution in [0.5, 0.6) is 0 Å². The van der Waals surface area contributed by atoms with E-state index in [1.165, 1.54) is 122 Å². The van der Waals surface area contributed by atoms with Gasteiger partial charge in [0.25, 0.3) is 0 Å². The third-order valence-corrected chi connectivity index (χ3v) is 11.8. The Balaban J connectivity index is 4.40. The number of rotatable bonds is 49. The molecule has 66 heavy (non-hydrogen) atoms. The van der Waals surface area contributed by atoms with Crippen LogP contribution in [0.2, 0.25) is 0 Å². The minimum Gasteiger partial charge on any atom is -0.462 e. The van der Waals surface area contributed by atoms with E-state index in [1.54, 1.807) is 0 Å². The van der Waals surface area contributed by atoms with Crippen LogP contribution in [0.15, 0.2) is 85.1 Å². The molecule has 0 rings (SSSR count). The highest BCUT2D eigenvalue weighted by Gasteiger charge is 2.19. The molecule has 0 bridgehead atoms. The fraction of sp³-hybridized carbons (Fsp3) is 0.717. The highest BCUT2D eigenvalue weighted by atomic mass is 16.6. The first-order valence-electron chi connectivity index (χ1n) is 27.7. The average molecular weight is 919 g/mol. The first kappa shape index (κ1) is 62.6. The SMILES string of the molecule is CC\C=C/C=C\C=C/C=C\CCCCCCCC(=O)OC(COC(=O)CCCCCCCCC\C=C/C=C\C=C/CC)COC(=O)CCCCCCCCCCCCCCCCCCCC. The Morgan fingerprint density at radius 1 is 0.318 bits per heavy atom. The number of unbranched alkanes of at least 4 members (excludes halogenated alkanes) is 29. The van der Waals surface area contributed by atoms with E-state index in [2.05, 4.69) is 87.6 Å². The smallest absolute Gasteiger partial charge is 0.306 e. The molecule has 0 heterocycles. The molecule has 6 nitrogen and oxygen atoms in total. The van der Waals surface area contributed by atoms with Gasteiger partial charge in [0.1, 0.15) is 13.2 Å². The summed E-state index contributed by atoms with van der Waals surface area (Å²) in [7, 11) is 0. The van der Waals surface area contributed by atoms with Crippen LogP contribution in [0.3, 0.4) is 0 Å². The summed E-state index contributed by atoms with van der Waals surface area (Å²) in [5.74, 6) is -0.919. The predicted octanol–water partition coefficient (Wildman–Crippen LogP) is 18.4. The molecule has 1 unspecified atom stereocenters. The Morgan fingerprint density at radius 3 is 0.924 bits per heavy atom. The van der Waals surface area contributed by atoms with Crippen LogP contribution < -0.4 is 0 Å². The third kappa shape index (κ3) is 51.6. The number of carbonyl (C=O) groups excluding carboxylic acids is 3. The lowest BCUT2D eigenvalue weighted by atomic mass is 10.0. The summed E-state index contributed by atoms with van der Waals surface area (Å²) in [6.07, 6.45) is 70.0. The van der Waals surface area contributed by atoms with Gasteiger partial charge in [0.05, 0.1) is 0 Å². The van der Waals surface area contributed by atoms with Crippen molar-refractivity contribution in [2.24, 2.45) is 0 Å². The molecule has 0 aromatic heterocycles. The van der Waals surface area contributed by atoms with E-state index >= 15 is 0 Å². The Kier molecular flexibility index (Phi) is 51.4. The van der Waals surface area contributed by atoms with E-state index in [0.29, 0.717) is 19.3 Å². The van der Waals surface area contributed by atoms with Crippen LogP contribution >= 0.6 is 0 Å². The van der Waals surface area contributed by atoms with Crippen molar-refractivity contribution in [3.63, 3.8) is 0 Å². The minimum atomic E-state index is -0.793. The van der Waals surface area contributed by atoms with Gasteiger partial charge in [-0.2, -0.15) is 0 Å². The van der Waals surface area contributed by atoms with E-state index in [0.717, 1.165) is 96.3 Å². The van der Waals surface area contributed by atoms with Gasteiger partial charge in [-0.1, -0.05) is 266 Å². The van der Waals surface area contributed by atoms with Crippen LogP contribution in [-0.2, 0) is 28.6 Å². The molecule has 0 N–H and O–H groups in total. The van der Waals surface area contributed by atoms with Crippen LogP contribution in [0, 0.1) is 0 Å². The van der Waals surface area contributed by atoms with Gasteiger partial charge in [-0.15, -0.1) is 0 Å².